The minimum Gasteiger partial charge on any atom is -0.496 e. The number of amides is 2. The van der Waals surface area contributed by atoms with Crippen LogP contribution in [0.5, 0.6) is 17.2 Å². The predicted molar refractivity (Wildman–Crippen MR) is 105 cm³/mol. The van der Waals surface area contributed by atoms with Crippen LogP contribution in [-0.2, 0) is 4.79 Å². The fraction of sp³-hybridized carbons (Fsp3) is 0.250. The van der Waals surface area contributed by atoms with Crippen molar-refractivity contribution in [3.8, 4) is 17.2 Å². The van der Waals surface area contributed by atoms with E-state index in [1.165, 1.54) is 13.3 Å². The number of ether oxygens (including phenoxy) is 3. The highest BCUT2D eigenvalue weighted by Crippen LogP contribution is 2.27. The maximum atomic E-state index is 12.1. The summed E-state index contributed by atoms with van der Waals surface area (Å²) in [4.78, 5) is 24.0. The second kappa shape index (κ2) is 10.6. The van der Waals surface area contributed by atoms with Crippen LogP contribution < -0.4 is 25.0 Å². The first-order valence-electron chi connectivity index (χ1n) is 8.63. The molecule has 0 aromatic heterocycles. The molecule has 0 saturated heterocycles. The summed E-state index contributed by atoms with van der Waals surface area (Å²) in [5, 5.41) is 6.40. The van der Waals surface area contributed by atoms with E-state index in [2.05, 4.69) is 15.8 Å². The number of hydrogen-bond acceptors (Lipinski definition) is 6. The van der Waals surface area contributed by atoms with E-state index in [9.17, 15) is 9.59 Å². The molecule has 8 nitrogen and oxygen atoms in total. The Balaban J connectivity index is 1.87. The Bertz CT molecular complexity index is 851. The molecular weight excluding hydrogens is 362 g/mol. The van der Waals surface area contributed by atoms with Crippen molar-refractivity contribution in [2.45, 2.75) is 6.92 Å². The van der Waals surface area contributed by atoms with Crippen molar-refractivity contribution in [1.29, 1.82) is 0 Å². The van der Waals surface area contributed by atoms with Gasteiger partial charge >= 0.3 is 0 Å². The van der Waals surface area contributed by atoms with Crippen LogP contribution in [0.3, 0.4) is 0 Å². The molecule has 28 heavy (non-hydrogen) atoms. The number of para-hydroxylation sites is 1. The van der Waals surface area contributed by atoms with Gasteiger partial charge in [-0.1, -0.05) is 12.1 Å². The molecule has 0 atom stereocenters. The molecule has 0 heterocycles. The van der Waals surface area contributed by atoms with Crippen molar-refractivity contribution >= 4 is 18.0 Å². The van der Waals surface area contributed by atoms with Crippen LogP contribution >= 0.6 is 0 Å². The molecule has 2 aromatic rings. The van der Waals surface area contributed by atoms with Gasteiger partial charge in [0, 0.05) is 0 Å². The molecule has 0 radical (unpaired) electrons. The van der Waals surface area contributed by atoms with Crippen molar-refractivity contribution in [3.05, 3.63) is 53.6 Å². The van der Waals surface area contributed by atoms with Crippen molar-refractivity contribution in [2.24, 2.45) is 5.10 Å². The summed E-state index contributed by atoms with van der Waals surface area (Å²) in [7, 11) is 3.02. The van der Waals surface area contributed by atoms with E-state index in [0.717, 1.165) is 5.56 Å². The van der Waals surface area contributed by atoms with Gasteiger partial charge in [0.05, 0.1) is 39.1 Å². The quantitative estimate of drug-likeness (QED) is 0.508. The number of benzene rings is 2. The fourth-order valence-corrected chi connectivity index (χ4v) is 2.35. The van der Waals surface area contributed by atoms with Gasteiger partial charge in [0.15, 0.2) is 11.5 Å². The number of carbonyl (C=O) groups excluding carboxylic acids is 2. The maximum Gasteiger partial charge on any atom is 0.259 e. The van der Waals surface area contributed by atoms with Crippen molar-refractivity contribution in [1.82, 2.24) is 10.7 Å². The highest BCUT2D eigenvalue weighted by molar-refractivity contribution is 5.98. The second-order valence-corrected chi connectivity index (χ2v) is 5.52. The van der Waals surface area contributed by atoms with Gasteiger partial charge in [0.2, 0.25) is 0 Å². The first-order chi connectivity index (χ1) is 13.6. The molecule has 0 fully saturated rings. The molecule has 2 rings (SSSR count). The van der Waals surface area contributed by atoms with Crippen LogP contribution in [0, 0.1) is 0 Å². The number of hydrazone groups is 1. The van der Waals surface area contributed by atoms with E-state index in [-0.39, 0.29) is 6.54 Å². The highest BCUT2D eigenvalue weighted by Gasteiger charge is 2.12. The summed E-state index contributed by atoms with van der Waals surface area (Å²) < 4.78 is 15.8. The van der Waals surface area contributed by atoms with Crippen LogP contribution in [0.25, 0.3) is 0 Å². The van der Waals surface area contributed by atoms with Crippen molar-refractivity contribution in [3.63, 3.8) is 0 Å². The van der Waals surface area contributed by atoms with Gasteiger partial charge in [-0.3, -0.25) is 9.59 Å². The lowest BCUT2D eigenvalue weighted by Gasteiger charge is -2.09. The Labute approximate surface area is 163 Å². The average Bonchev–Trinajstić information content (AvgIpc) is 2.73. The van der Waals surface area contributed by atoms with E-state index < -0.39 is 11.8 Å². The molecule has 0 bridgehead atoms. The normalized spacial score (nSPS) is 10.4. The molecule has 0 unspecified atom stereocenters. The van der Waals surface area contributed by atoms with E-state index >= 15 is 0 Å². The summed E-state index contributed by atoms with van der Waals surface area (Å²) in [6.07, 6.45) is 1.47. The van der Waals surface area contributed by atoms with E-state index in [0.29, 0.717) is 29.4 Å². The summed E-state index contributed by atoms with van der Waals surface area (Å²) in [5.41, 5.74) is 3.43. The summed E-state index contributed by atoms with van der Waals surface area (Å²) >= 11 is 0. The minimum atomic E-state index is -0.461. The van der Waals surface area contributed by atoms with Crippen LogP contribution in [0.2, 0.25) is 0 Å². The van der Waals surface area contributed by atoms with Gasteiger partial charge in [0.25, 0.3) is 11.8 Å². The van der Waals surface area contributed by atoms with Gasteiger partial charge in [-0.15, -0.1) is 0 Å². The molecule has 0 aliphatic heterocycles. The molecule has 8 heteroatoms. The topological polar surface area (TPSA) is 98.2 Å². The Kier molecular flexibility index (Phi) is 7.83. The lowest BCUT2D eigenvalue weighted by atomic mass is 10.2. The molecule has 0 aliphatic rings. The number of carbonyl (C=O) groups is 2. The number of nitrogens with one attached hydrogen (secondary N) is 2. The summed E-state index contributed by atoms with van der Waals surface area (Å²) in [5.74, 6) is 0.763. The zero-order valence-corrected chi connectivity index (χ0v) is 16.0. The van der Waals surface area contributed by atoms with Crippen LogP contribution in [0.1, 0.15) is 22.8 Å². The fourth-order valence-electron chi connectivity index (χ4n) is 2.35. The smallest absolute Gasteiger partial charge is 0.259 e. The molecule has 2 N–H and O–H groups in total. The summed E-state index contributed by atoms with van der Waals surface area (Å²) in [6.45, 7) is 2.19. The zero-order valence-electron chi connectivity index (χ0n) is 16.0. The largest absolute Gasteiger partial charge is 0.496 e. The molecular formula is C20H23N3O5. The van der Waals surface area contributed by atoms with Gasteiger partial charge in [-0.25, -0.2) is 5.43 Å². The molecule has 2 amide bonds. The standard InChI is InChI=1S/C20H23N3O5/c1-4-28-17-10-9-14(11-18(17)27-3)12-22-23-19(24)13-21-20(25)15-7-5-6-8-16(15)26-2/h5-12H,4,13H2,1-3H3,(H,21,25)(H,23,24). The minimum absolute atomic E-state index is 0.221. The van der Waals surface area contributed by atoms with Crippen molar-refractivity contribution < 1.29 is 23.8 Å². The molecule has 2 aromatic carbocycles. The molecule has 0 aliphatic carbocycles. The Morgan fingerprint density at radius 1 is 1.04 bits per heavy atom. The lowest BCUT2D eigenvalue weighted by molar-refractivity contribution is -0.120. The number of rotatable bonds is 9. The first-order valence-corrected chi connectivity index (χ1v) is 8.63. The highest BCUT2D eigenvalue weighted by atomic mass is 16.5. The maximum absolute atomic E-state index is 12.1. The second-order valence-electron chi connectivity index (χ2n) is 5.52. The van der Waals surface area contributed by atoms with Crippen LogP contribution in [-0.4, -0.2) is 45.4 Å². The predicted octanol–water partition coefficient (Wildman–Crippen LogP) is 1.98. The Hall–Kier alpha value is -3.55. The SMILES string of the molecule is CCOc1ccc(C=NNC(=O)CNC(=O)c2ccccc2OC)cc1OC. The van der Waals surface area contributed by atoms with E-state index in [4.69, 9.17) is 14.2 Å². The average molecular weight is 385 g/mol. The zero-order chi connectivity index (χ0) is 20.4. The van der Waals surface area contributed by atoms with Crippen LogP contribution in [0.15, 0.2) is 47.6 Å². The van der Waals surface area contributed by atoms with Gasteiger partial charge in [0.1, 0.15) is 5.75 Å². The Morgan fingerprint density at radius 3 is 2.50 bits per heavy atom. The first kappa shape index (κ1) is 20.8. The van der Waals surface area contributed by atoms with Crippen LogP contribution in [0.4, 0.5) is 0 Å². The molecule has 0 spiro atoms. The number of hydrogen-bond donors (Lipinski definition) is 2. The summed E-state index contributed by atoms with van der Waals surface area (Å²) in [6, 6.07) is 12.0. The third-order valence-corrected chi connectivity index (χ3v) is 3.65. The third kappa shape index (κ3) is 5.73. The third-order valence-electron chi connectivity index (χ3n) is 3.65. The van der Waals surface area contributed by atoms with Gasteiger partial charge < -0.3 is 19.5 Å². The number of nitrogens with zero attached hydrogens (tertiary/aromatic N) is 1. The Morgan fingerprint density at radius 2 is 1.79 bits per heavy atom. The van der Waals surface area contributed by atoms with E-state index in [1.807, 2.05) is 6.92 Å². The molecule has 148 valence electrons. The van der Waals surface area contributed by atoms with Crippen molar-refractivity contribution in [2.75, 3.05) is 27.4 Å². The van der Waals surface area contributed by atoms with Gasteiger partial charge in [-0.05, 0) is 42.8 Å². The molecule has 0 saturated carbocycles. The lowest BCUT2D eigenvalue weighted by Crippen LogP contribution is -2.35. The number of methoxy groups -OCH3 is 2. The van der Waals surface area contributed by atoms with Gasteiger partial charge in [-0.2, -0.15) is 5.10 Å². The van der Waals surface area contributed by atoms with E-state index in [1.54, 1.807) is 49.6 Å². The monoisotopic (exact) mass is 385 g/mol.